The number of ether oxygens (including phenoxy) is 3. The van der Waals surface area contributed by atoms with Crippen molar-refractivity contribution in [2.24, 2.45) is 11.8 Å². The van der Waals surface area contributed by atoms with Gasteiger partial charge in [-0.15, -0.1) is 0 Å². The molecule has 2 aliphatic carbocycles. The molecule has 0 saturated heterocycles. The van der Waals surface area contributed by atoms with Crippen LogP contribution in [0.3, 0.4) is 0 Å². The van der Waals surface area contributed by atoms with Gasteiger partial charge in [0.1, 0.15) is 17.6 Å². The number of aryl methyl sites for hydroxylation is 3. The van der Waals surface area contributed by atoms with Crippen LogP contribution in [0.25, 0.3) is 0 Å². The molecule has 2 aromatic carbocycles. The first kappa shape index (κ1) is 36.3. The molecule has 0 amide bonds. The van der Waals surface area contributed by atoms with Crippen LogP contribution >= 0.6 is 0 Å². The van der Waals surface area contributed by atoms with Crippen LogP contribution in [0.5, 0.6) is 11.5 Å². The molecule has 4 rings (SSSR count). The highest BCUT2D eigenvalue weighted by Crippen LogP contribution is 2.38. The van der Waals surface area contributed by atoms with Crippen molar-refractivity contribution in [1.82, 2.24) is 0 Å². The van der Waals surface area contributed by atoms with E-state index in [0.29, 0.717) is 12.2 Å². The maximum atomic E-state index is 12.7. The number of carbonyl (C=O) groups excluding carboxylic acids is 1. The Labute approximate surface area is 279 Å². The van der Waals surface area contributed by atoms with Gasteiger partial charge >= 0.3 is 5.97 Å². The SMILES string of the molecule is CCCCCc1cc(CC(CCC)Oc2c(CCCC3CC3)cc(CCCC3CC3)cc2CC(=O)OC)cc(CC(C)OC)c1O. The van der Waals surface area contributed by atoms with Gasteiger partial charge in [-0.2, -0.15) is 0 Å². The van der Waals surface area contributed by atoms with Crippen LogP contribution in [0.15, 0.2) is 24.3 Å². The van der Waals surface area contributed by atoms with Crippen molar-refractivity contribution in [3.05, 3.63) is 57.6 Å². The second kappa shape index (κ2) is 18.7. The zero-order chi connectivity index (χ0) is 32.9. The fourth-order valence-electron chi connectivity index (χ4n) is 6.86. The quantitative estimate of drug-likeness (QED) is 0.0974. The average molecular weight is 635 g/mol. The van der Waals surface area contributed by atoms with E-state index < -0.39 is 0 Å². The van der Waals surface area contributed by atoms with Crippen LogP contribution < -0.4 is 4.74 Å². The van der Waals surface area contributed by atoms with Crippen molar-refractivity contribution >= 4 is 5.97 Å². The van der Waals surface area contributed by atoms with Crippen molar-refractivity contribution < 1.29 is 24.1 Å². The van der Waals surface area contributed by atoms with Gasteiger partial charge in [-0.05, 0) is 91.5 Å². The number of phenols is 1. The molecule has 1 N–H and O–H groups in total. The summed E-state index contributed by atoms with van der Waals surface area (Å²) in [5, 5.41) is 11.2. The number of unbranched alkanes of at least 4 members (excludes halogenated alkanes) is 2. The molecule has 5 heteroatoms. The van der Waals surface area contributed by atoms with E-state index in [-0.39, 0.29) is 24.6 Å². The number of rotatable bonds is 23. The van der Waals surface area contributed by atoms with E-state index in [1.165, 1.54) is 68.7 Å². The predicted molar refractivity (Wildman–Crippen MR) is 188 cm³/mol. The highest BCUT2D eigenvalue weighted by molar-refractivity contribution is 5.74. The van der Waals surface area contributed by atoms with Crippen LogP contribution in [0.4, 0.5) is 0 Å². The predicted octanol–water partition coefficient (Wildman–Crippen LogP) is 9.67. The molecule has 0 aromatic heterocycles. The Hall–Kier alpha value is -2.53. The van der Waals surface area contributed by atoms with E-state index in [0.717, 1.165) is 98.5 Å². The second-order valence-electron chi connectivity index (χ2n) is 14.4. The molecule has 2 unspecified atom stereocenters. The third kappa shape index (κ3) is 11.9. The number of benzene rings is 2. The molecule has 0 radical (unpaired) electrons. The van der Waals surface area contributed by atoms with E-state index >= 15 is 0 Å². The molecule has 0 spiro atoms. The zero-order valence-electron chi connectivity index (χ0n) is 29.6. The van der Waals surface area contributed by atoms with Gasteiger partial charge in [-0.1, -0.05) is 95.9 Å². The van der Waals surface area contributed by atoms with Crippen LogP contribution in [0.1, 0.15) is 138 Å². The lowest BCUT2D eigenvalue weighted by Crippen LogP contribution is -2.22. The van der Waals surface area contributed by atoms with Gasteiger partial charge in [0.05, 0.1) is 19.6 Å². The Morgan fingerprint density at radius 3 is 2.04 bits per heavy atom. The minimum absolute atomic E-state index is 0.0224. The molecule has 2 atom stereocenters. The molecular formula is C41H62O5. The van der Waals surface area contributed by atoms with E-state index in [1.54, 1.807) is 7.11 Å². The monoisotopic (exact) mass is 634 g/mol. The minimum atomic E-state index is -0.219. The molecule has 0 aliphatic heterocycles. The first-order valence-corrected chi connectivity index (χ1v) is 18.6. The standard InChI is InChI=1S/C41H62O5/c1-6-8-9-16-34-25-33(26-36(40(34)43)22-29(3)44-4)27-38(12-7-2)46-41-35(17-11-14-31-20-21-31)23-32(15-10-13-30-18-19-30)24-37(41)28-39(42)45-5/h23-26,29-31,38,43H,6-22,27-28H2,1-5H3. The smallest absolute Gasteiger partial charge is 0.310 e. The maximum Gasteiger partial charge on any atom is 0.310 e. The molecule has 2 aromatic rings. The highest BCUT2D eigenvalue weighted by Gasteiger charge is 2.24. The third-order valence-corrected chi connectivity index (χ3v) is 10.0. The highest BCUT2D eigenvalue weighted by atomic mass is 16.5. The zero-order valence-corrected chi connectivity index (χ0v) is 29.6. The summed E-state index contributed by atoms with van der Waals surface area (Å²) in [5.74, 6) is 2.93. The maximum absolute atomic E-state index is 12.7. The van der Waals surface area contributed by atoms with Gasteiger partial charge in [0.2, 0.25) is 0 Å². The van der Waals surface area contributed by atoms with Crippen molar-refractivity contribution in [3.63, 3.8) is 0 Å². The topological polar surface area (TPSA) is 65.0 Å². The first-order valence-electron chi connectivity index (χ1n) is 18.6. The van der Waals surface area contributed by atoms with Crippen molar-refractivity contribution in [2.45, 2.75) is 155 Å². The normalized spacial score (nSPS) is 15.9. The molecule has 0 heterocycles. The van der Waals surface area contributed by atoms with Gasteiger partial charge in [0, 0.05) is 25.5 Å². The number of phenolic OH excluding ortho intramolecular Hbond substituents is 1. The van der Waals surface area contributed by atoms with E-state index in [9.17, 15) is 9.90 Å². The van der Waals surface area contributed by atoms with Crippen molar-refractivity contribution in [2.75, 3.05) is 14.2 Å². The Bertz CT molecular complexity index is 1230. The number of aromatic hydroxyl groups is 1. The molecule has 2 saturated carbocycles. The molecule has 46 heavy (non-hydrogen) atoms. The van der Waals surface area contributed by atoms with Crippen molar-refractivity contribution in [3.8, 4) is 11.5 Å². The van der Waals surface area contributed by atoms with E-state index in [4.69, 9.17) is 14.2 Å². The molecule has 0 bridgehead atoms. The summed E-state index contributed by atoms with van der Waals surface area (Å²) in [6.45, 7) is 6.48. The molecular weight excluding hydrogens is 572 g/mol. The molecule has 5 nitrogen and oxygen atoms in total. The summed E-state index contributed by atoms with van der Waals surface area (Å²) >= 11 is 0. The molecule has 2 aliphatic rings. The van der Waals surface area contributed by atoms with Crippen molar-refractivity contribution in [1.29, 1.82) is 0 Å². The van der Waals surface area contributed by atoms with E-state index in [1.807, 2.05) is 0 Å². The number of hydrogen-bond donors (Lipinski definition) is 1. The largest absolute Gasteiger partial charge is 0.507 e. The molecule has 2 fully saturated rings. The summed E-state index contributed by atoms with van der Waals surface area (Å²) in [4.78, 5) is 12.7. The fraction of sp³-hybridized carbons (Fsp3) is 0.683. The summed E-state index contributed by atoms with van der Waals surface area (Å²) in [5.41, 5.74) is 6.73. The van der Waals surface area contributed by atoms with Crippen LogP contribution in [-0.4, -0.2) is 37.5 Å². The number of esters is 1. The third-order valence-electron chi connectivity index (χ3n) is 10.0. The number of methoxy groups -OCH3 is 2. The summed E-state index contributed by atoms with van der Waals surface area (Å²) in [7, 11) is 3.20. The Kier molecular flexibility index (Phi) is 14.8. The fourth-order valence-corrected chi connectivity index (χ4v) is 6.86. The van der Waals surface area contributed by atoms with Gasteiger partial charge in [-0.3, -0.25) is 4.79 Å². The summed E-state index contributed by atoms with van der Waals surface area (Å²) in [6.07, 6.45) is 20.3. The minimum Gasteiger partial charge on any atom is -0.507 e. The lowest BCUT2D eigenvalue weighted by Gasteiger charge is -2.25. The lowest BCUT2D eigenvalue weighted by atomic mass is 9.93. The first-order chi connectivity index (χ1) is 22.3. The number of carbonyl (C=O) groups is 1. The Morgan fingerprint density at radius 2 is 1.41 bits per heavy atom. The average Bonchev–Trinajstić information content (AvgIpc) is 3.97. The van der Waals surface area contributed by atoms with Gasteiger partial charge in [0.25, 0.3) is 0 Å². The van der Waals surface area contributed by atoms with Gasteiger partial charge < -0.3 is 19.3 Å². The van der Waals surface area contributed by atoms with Gasteiger partial charge in [-0.25, -0.2) is 0 Å². The van der Waals surface area contributed by atoms with Gasteiger partial charge in [0.15, 0.2) is 0 Å². The summed E-state index contributed by atoms with van der Waals surface area (Å²) < 4.78 is 17.8. The Balaban J connectivity index is 1.64. The summed E-state index contributed by atoms with van der Waals surface area (Å²) in [6, 6.07) is 8.97. The lowest BCUT2D eigenvalue weighted by molar-refractivity contribution is -0.139. The Morgan fingerprint density at radius 1 is 0.783 bits per heavy atom. The second-order valence-corrected chi connectivity index (χ2v) is 14.4. The van der Waals surface area contributed by atoms with Crippen LogP contribution in [-0.2, 0) is 52.8 Å². The van der Waals surface area contributed by atoms with Crippen LogP contribution in [0, 0.1) is 11.8 Å². The number of hydrogen-bond acceptors (Lipinski definition) is 5. The van der Waals surface area contributed by atoms with Crippen LogP contribution in [0.2, 0.25) is 0 Å². The molecule has 256 valence electrons. The van der Waals surface area contributed by atoms with E-state index in [2.05, 4.69) is 45.0 Å².